The van der Waals surface area contributed by atoms with Crippen LogP contribution in [0.3, 0.4) is 0 Å². The van der Waals surface area contributed by atoms with E-state index in [0.29, 0.717) is 17.1 Å². The van der Waals surface area contributed by atoms with E-state index in [9.17, 15) is 15.0 Å². The van der Waals surface area contributed by atoms with E-state index in [-0.39, 0.29) is 13.0 Å². The summed E-state index contributed by atoms with van der Waals surface area (Å²) in [5.74, 6) is 0.352. The van der Waals surface area contributed by atoms with Crippen LogP contribution in [0.15, 0.2) is 18.2 Å². The molecule has 0 amide bonds. The average Bonchev–Trinajstić information content (AvgIpc) is 2.45. The molecule has 2 unspecified atom stereocenters. The van der Waals surface area contributed by atoms with Crippen molar-refractivity contribution >= 4 is 5.97 Å². The van der Waals surface area contributed by atoms with E-state index in [4.69, 9.17) is 14.2 Å². The Morgan fingerprint density at radius 2 is 1.95 bits per heavy atom. The predicted octanol–water partition coefficient (Wildman–Crippen LogP) is 1.05. The quantitative estimate of drug-likeness (QED) is 0.728. The van der Waals surface area contributed by atoms with Gasteiger partial charge in [-0.05, 0) is 25.1 Å². The minimum absolute atomic E-state index is 0.226. The van der Waals surface area contributed by atoms with Gasteiger partial charge in [-0.1, -0.05) is 0 Å². The number of carbonyl (C=O) groups is 1. The predicted molar refractivity (Wildman–Crippen MR) is 71.8 cm³/mol. The number of hydrogen-bond donors (Lipinski definition) is 2. The van der Waals surface area contributed by atoms with E-state index in [1.54, 1.807) is 25.1 Å². The Morgan fingerprint density at radius 1 is 1.25 bits per heavy atom. The first-order chi connectivity index (χ1) is 9.53. The third kappa shape index (κ3) is 4.11. The number of carbonyl (C=O) groups excluding carboxylic acids is 1. The van der Waals surface area contributed by atoms with Gasteiger partial charge in [0.2, 0.25) is 0 Å². The van der Waals surface area contributed by atoms with Crippen molar-refractivity contribution in [2.45, 2.75) is 25.6 Å². The van der Waals surface area contributed by atoms with Crippen LogP contribution in [0.2, 0.25) is 0 Å². The Labute approximate surface area is 117 Å². The van der Waals surface area contributed by atoms with Gasteiger partial charge in [0.25, 0.3) is 0 Å². The van der Waals surface area contributed by atoms with Gasteiger partial charge in [0.15, 0.2) is 0 Å². The van der Waals surface area contributed by atoms with Gasteiger partial charge < -0.3 is 24.4 Å². The lowest BCUT2D eigenvalue weighted by atomic mass is 10.0. The molecular formula is C14H20O6. The lowest BCUT2D eigenvalue weighted by molar-refractivity contribution is -0.147. The van der Waals surface area contributed by atoms with Crippen molar-refractivity contribution in [2.75, 3.05) is 20.8 Å². The third-order valence-electron chi connectivity index (χ3n) is 2.80. The third-order valence-corrected chi connectivity index (χ3v) is 2.80. The summed E-state index contributed by atoms with van der Waals surface area (Å²) in [5, 5.41) is 20.0. The first-order valence-corrected chi connectivity index (χ1v) is 6.27. The van der Waals surface area contributed by atoms with Gasteiger partial charge in [-0.25, -0.2) is 0 Å². The van der Waals surface area contributed by atoms with Gasteiger partial charge in [0, 0.05) is 5.56 Å². The smallest absolute Gasteiger partial charge is 0.308 e. The zero-order chi connectivity index (χ0) is 15.1. The van der Waals surface area contributed by atoms with Crippen LogP contribution in [0, 0.1) is 0 Å². The fourth-order valence-corrected chi connectivity index (χ4v) is 1.78. The molecule has 1 aromatic carbocycles. The van der Waals surface area contributed by atoms with Gasteiger partial charge in [-0.3, -0.25) is 4.79 Å². The molecule has 0 aliphatic rings. The molecule has 6 heteroatoms. The Morgan fingerprint density at radius 3 is 2.50 bits per heavy atom. The highest BCUT2D eigenvalue weighted by atomic mass is 16.5. The largest absolute Gasteiger partial charge is 0.497 e. The summed E-state index contributed by atoms with van der Waals surface area (Å²) < 4.78 is 14.9. The highest BCUT2D eigenvalue weighted by Gasteiger charge is 2.25. The second-order valence-corrected chi connectivity index (χ2v) is 4.13. The molecule has 0 saturated heterocycles. The Kier molecular flexibility index (Phi) is 6.27. The Hall–Kier alpha value is -1.79. The molecule has 0 aromatic heterocycles. The zero-order valence-electron chi connectivity index (χ0n) is 11.8. The maximum absolute atomic E-state index is 11.3. The summed E-state index contributed by atoms with van der Waals surface area (Å²) in [6.45, 7) is 1.90. The van der Waals surface area contributed by atoms with E-state index in [1.807, 2.05) is 0 Å². The Balaban J connectivity index is 2.89. The number of aliphatic hydroxyl groups excluding tert-OH is 2. The van der Waals surface area contributed by atoms with Gasteiger partial charge >= 0.3 is 5.97 Å². The molecule has 0 aliphatic carbocycles. The normalized spacial score (nSPS) is 13.4. The summed E-state index contributed by atoms with van der Waals surface area (Å²) in [5.41, 5.74) is 0.351. The molecule has 0 bridgehead atoms. The van der Waals surface area contributed by atoms with Crippen LogP contribution < -0.4 is 9.47 Å². The zero-order valence-corrected chi connectivity index (χ0v) is 11.8. The van der Waals surface area contributed by atoms with Gasteiger partial charge in [-0.2, -0.15) is 0 Å². The highest BCUT2D eigenvalue weighted by Crippen LogP contribution is 2.31. The van der Waals surface area contributed by atoms with E-state index in [2.05, 4.69) is 0 Å². The van der Waals surface area contributed by atoms with E-state index in [1.165, 1.54) is 14.2 Å². The van der Waals surface area contributed by atoms with Crippen molar-refractivity contribution in [1.82, 2.24) is 0 Å². The molecule has 0 saturated carbocycles. The molecule has 1 rings (SSSR count). The molecule has 20 heavy (non-hydrogen) atoms. The number of methoxy groups -OCH3 is 2. The molecule has 0 fully saturated rings. The molecule has 112 valence electrons. The van der Waals surface area contributed by atoms with Crippen molar-refractivity contribution in [1.29, 1.82) is 0 Å². The van der Waals surface area contributed by atoms with E-state index >= 15 is 0 Å². The average molecular weight is 284 g/mol. The summed E-state index contributed by atoms with van der Waals surface area (Å²) in [6, 6.07) is 4.85. The van der Waals surface area contributed by atoms with Crippen LogP contribution in [-0.4, -0.2) is 43.1 Å². The lowest BCUT2D eigenvalue weighted by Gasteiger charge is -2.20. The Bertz CT molecular complexity index is 445. The molecule has 0 aliphatic heterocycles. The molecule has 6 nitrogen and oxygen atoms in total. The highest BCUT2D eigenvalue weighted by molar-refractivity contribution is 5.70. The summed E-state index contributed by atoms with van der Waals surface area (Å²) in [7, 11) is 2.95. The van der Waals surface area contributed by atoms with E-state index < -0.39 is 18.2 Å². The van der Waals surface area contributed by atoms with Crippen LogP contribution in [0.25, 0.3) is 0 Å². The van der Waals surface area contributed by atoms with Crippen molar-refractivity contribution < 1.29 is 29.2 Å². The van der Waals surface area contributed by atoms with E-state index in [0.717, 1.165) is 0 Å². The minimum Gasteiger partial charge on any atom is -0.497 e. The van der Waals surface area contributed by atoms with Gasteiger partial charge in [-0.15, -0.1) is 0 Å². The molecule has 0 heterocycles. The fourth-order valence-electron chi connectivity index (χ4n) is 1.78. The fraction of sp³-hybridized carbons (Fsp3) is 0.500. The summed E-state index contributed by atoms with van der Waals surface area (Å²) in [4.78, 5) is 11.3. The van der Waals surface area contributed by atoms with Crippen molar-refractivity contribution in [3.05, 3.63) is 23.8 Å². The van der Waals surface area contributed by atoms with Crippen LogP contribution in [0.4, 0.5) is 0 Å². The first-order valence-electron chi connectivity index (χ1n) is 6.27. The number of rotatable bonds is 7. The van der Waals surface area contributed by atoms with Crippen molar-refractivity contribution in [2.24, 2.45) is 0 Å². The topological polar surface area (TPSA) is 85.2 Å². The van der Waals surface area contributed by atoms with Gasteiger partial charge in [0.05, 0.1) is 33.4 Å². The van der Waals surface area contributed by atoms with Crippen molar-refractivity contribution in [3.8, 4) is 11.5 Å². The number of aliphatic hydroxyl groups is 2. The number of hydrogen-bond acceptors (Lipinski definition) is 6. The van der Waals surface area contributed by atoms with Crippen LogP contribution in [0.5, 0.6) is 11.5 Å². The second-order valence-electron chi connectivity index (χ2n) is 4.13. The molecule has 2 N–H and O–H groups in total. The first kappa shape index (κ1) is 16.3. The van der Waals surface area contributed by atoms with Crippen molar-refractivity contribution in [3.63, 3.8) is 0 Å². The summed E-state index contributed by atoms with van der Waals surface area (Å²) >= 11 is 0. The maximum Gasteiger partial charge on any atom is 0.308 e. The standard InChI is InChI=1S/C14H20O6/c1-4-20-13(16)8-11(15)14(17)10-7-9(18-2)5-6-12(10)19-3/h5-7,11,14-15,17H,4,8H2,1-3H3. The number of esters is 1. The van der Waals surface area contributed by atoms with Crippen LogP contribution in [-0.2, 0) is 9.53 Å². The monoisotopic (exact) mass is 284 g/mol. The summed E-state index contributed by atoms with van der Waals surface area (Å²) in [6.07, 6.45) is -2.85. The minimum atomic E-state index is -1.28. The maximum atomic E-state index is 11.3. The van der Waals surface area contributed by atoms with Crippen LogP contribution >= 0.6 is 0 Å². The molecule has 0 spiro atoms. The SMILES string of the molecule is CCOC(=O)CC(O)C(O)c1cc(OC)ccc1OC. The molecule has 2 atom stereocenters. The van der Waals surface area contributed by atoms with Crippen LogP contribution in [0.1, 0.15) is 25.0 Å². The molecule has 0 radical (unpaired) electrons. The second kappa shape index (κ2) is 7.72. The molecule has 1 aromatic rings. The lowest BCUT2D eigenvalue weighted by Crippen LogP contribution is -2.23. The number of benzene rings is 1. The number of ether oxygens (including phenoxy) is 3. The van der Waals surface area contributed by atoms with Gasteiger partial charge in [0.1, 0.15) is 17.6 Å². The molecular weight excluding hydrogens is 264 g/mol.